The van der Waals surface area contributed by atoms with Crippen molar-refractivity contribution in [1.29, 1.82) is 0 Å². The fraction of sp³-hybridized carbons (Fsp3) is 0.333. The molecule has 0 bridgehead atoms. The molecule has 0 heterocycles. The van der Waals surface area contributed by atoms with Crippen LogP contribution >= 0.6 is 0 Å². The maximum Gasteiger partial charge on any atom is 0.234 e. The first-order chi connectivity index (χ1) is 7.61. The Balaban J connectivity index is 2.34. The molecule has 0 aliphatic heterocycles. The Bertz CT molecular complexity index is 363. The number of carbonyl (C=O) groups excluding carboxylic acids is 2. The van der Waals surface area contributed by atoms with E-state index in [1.54, 1.807) is 12.1 Å². The Hall–Kier alpha value is -1.68. The summed E-state index contributed by atoms with van der Waals surface area (Å²) in [7, 11) is 0. The van der Waals surface area contributed by atoms with Gasteiger partial charge in [-0.1, -0.05) is 30.3 Å². The fourth-order valence-electron chi connectivity index (χ4n) is 1.39. The molecule has 16 heavy (non-hydrogen) atoms. The molecular formula is C12H16N2O2. The lowest BCUT2D eigenvalue weighted by molar-refractivity contribution is -0.119. The average molecular weight is 220 g/mol. The van der Waals surface area contributed by atoms with E-state index in [2.05, 4.69) is 0 Å². The van der Waals surface area contributed by atoms with E-state index >= 15 is 0 Å². The number of ketones is 1. The number of hydrogen-bond acceptors (Lipinski definition) is 3. The zero-order valence-corrected chi connectivity index (χ0v) is 9.06. The highest BCUT2D eigenvalue weighted by Crippen LogP contribution is 2.07. The van der Waals surface area contributed by atoms with Crippen LogP contribution < -0.4 is 11.5 Å². The van der Waals surface area contributed by atoms with Crippen LogP contribution in [-0.4, -0.2) is 17.7 Å². The van der Waals surface area contributed by atoms with Crippen molar-refractivity contribution in [3.8, 4) is 0 Å². The van der Waals surface area contributed by atoms with Gasteiger partial charge in [0.1, 0.15) is 0 Å². The van der Waals surface area contributed by atoms with Gasteiger partial charge in [-0.15, -0.1) is 0 Å². The molecule has 0 saturated heterocycles. The highest BCUT2D eigenvalue weighted by molar-refractivity contribution is 5.95. The van der Waals surface area contributed by atoms with Crippen LogP contribution in [0.25, 0.3) is 0 Å². The lowest BCUT2D eigenvalue weighted by Crippen LogP contribution is -2.36. The number of Topliss-reactive ketones (excluding diaryl/α,β-unsaturated/α-hetero) is 1. The van der Waals surface area contributed by atoms with Gasteiger partial charge < -0.3 is 11.5 Å². The Morgan fingerprint density at radius 2 is 1.81 bits per heavy atom. The highest BCUT2D eigenvalue weighted by Gasteiger charge is 2.10. The summed E-state index contributed by atoms with van der Waals surface area (Å²) in [5.74, 6) is -0.454. The monoisotopic (exact) mass is 220 g/mol. The molecule has 4 heteroatoms. The van der Waals surface area contributed by atoms with Crippen molar-refractivity contribution < 1.29 is 9.59 Å². The summed E-state index contributed by atoms with van der Waals surface area (Å²) < 4.78 is 0. The van der Waals surface area contributed by atoms with Crippen molar-refractivity contribution in [2.75, 3.05) is 0 Å². The molecular weight excluding hydrogens is 204 g/mol. The standard InChI is InChI=1S/C12H16N2O2/c13-10(12(14)16)7-4-8-11(15)9-5-2-1-3-6-9/h1-3,5-6,10H,4,7-8,13H2,(H2,14,16). The third-order valence-electron chi connectivity index (χ3n) is 2.38. The van der Waals surface area contributed by atoms with Crippen molar-refractivity contribution in [2.45, 2.75) is 25.3 Å². The maximum absolute atomic E-state index is 11.6. The molecule has 1 aromatic carbocycles. The van der Waals surface area contributed by atoms with Crippen LogP contribution in [0, 0.1) is 0 Å². The Morgan fingerprint density at radius 1 is 1.19 bits per heavy atom. The summed E-state index contributed by atoms with van der Waals surface area (Å²) >= 11 is 0. The van der Waals surface area contributed by atoms with Gasteiger partial charge in [-0.05, 0) is 12.8 Å². The van der Waals surface area contributed by atoms with E-state index < -0.39 is 11.9 Å². The van der Waals surface area contributed by atoms with E-state index in [4.69, 9.17) is 11.5 Å². The molecule has 4 N–H and O–H groups in total. The van der Waals surface area contributed by atoms with Crippen molar-refractivity contribution in [1.82, 2.24) is 0 Å². The van der Waals surface area contributed by atoms with Crippen LogP contribution in [0.2, 0.25) is 0 Å². The summed E-state index contributed by atoms with van der Waals surface area (Å²) in [4.78, 5) is 22.3. The summed E-state index contributed by atoms with van der Waals surface area (Å²) in [6.07, 6.45) is 1.43. The van der Waals surface area contributed by atoms with Gasteiger partial charge >= 0.3 is 0 Å². The fourth-order valence-corrected chi connectivity index (χ4v) is 1.39. The first-order valence-corrected chi connectivity index (χ1v) is 5.24. The minimum atomic E-state index is -0.649. The van der Waals surface area contributed by atoms with Gasteiger partial charge in [-0.25, -0.2) is 0 Å². The Kier molecular flexibility index (Phi) is 4.66. The van der Waals surface area contributed by atoms with Crippen LogP contribution in [0.15, 0.2) is 30.3 Å². The molecule has 4 nitrogen and oxygen atoms in total. The number of benzene rings is 1. The zero-order valence-electron chi connectivity index (χ0n) is 9.06. The number of primary amides is 1. The second kappa shape index (κ2) is 6.02. The van der Waals surface area contributed by atoms with Gasteiger partial charge in [0.25, 0.3) is 0 Å². The Morgan fingerprint density at radius 3 is 2.38 bits per heavy atom. The van der Waals surface area contributed by atoms with Crippen LogP contribution in [0.4, 0.5) is 0 Å². The summed E-state index contributed by atoms with van der Waals surface area (Å²) in [6.45, 7) is 0. The van der Waals surface area contributed by atoms with Gasteiger partial charge in [-0.2, -0.15) is 0 Å². The summed E-state index contributed by atoms with van der Waals surface area (Å²) in [5.41, 5.74) is 11.2. The average Bonchev–Trinajstić information content (AvgIpc) is 2.29. The van der Waals surface area contributed by atoms with Crippen molar-refractivity contribution >= 4 is 11.7 Å². The number of carbonyl (C=O) groups is 2. The molecule has 0 aliphatic rings. The lowest BCUT2D eigenvalue weighted by atomic mass is 10.0. The quantitative estimate of drug-likeness (QED) is 0.697. The predicted molar refractivity (Wildman–Crippen MR) is 61.8 cm³/mol. The minimum Gasteiger partial charge on any atom is -0.368 e. The lowest BCUT2D eigenvalue weighted by Gasteiger charge is -2.06. The second-order valence-corrected chi connectivity index (χ2v) is 3.69. The molecule has 0 fully saturated rings. The molecule has 0 aromatic heterocycles. The van der Waals surface area contributed by atoms with Crippen molar-refractivity contribution in [3.05, 3.63) is 35.9 Å². The van der Waals surface area contributed by atoms with E-state index in [1.165, 1.54) is 0 Å². The maximum atomic E-state index is 11.6. The summed E-state index contributed by atoms with van der Waals surface area (Å²) in [6, 6.07) is 8.40. The Labute approximate surface area is 94.6 Å². The van der Waals surface area contributed by atoms with E-state index in [-0.39, 0.29) is 5.78 Å². The first-order valence-electron chi connectivity index (χ1n) is 5.24. The van der Waals surface area contributed by atoms with E-state index in [0.29, 0.717) is 24.8 Å². The molecule has 1 atom stereocenters. The predicted octanol–water partition coefficient (Wildman–Crippen LogP) is 0.852. The van der Waals surface area contributed by atoms with Crippen LogP contribution in [0.5, 0.6) is 0 Å². The van der Waals surface area contributed by atoms with Gasteiger partial charge in [0.2, 0.25) is 5.91 Å². The van der Waals surface area contributed by atoms with Gasteiger partial charge in [0.15, 0.2) is 5.78 Å². The number of amides is 1. The van der Waals surface area contributed by atoms with Crippen LogP contribution in [0.3, 0.4) is 0 Å². The van der Waals surface area contributed by atoms with E-state index in [0.717, 1.165) is 0 Å². The molecule has 86 valence electrons. The normalized spacial score (nSPS) is 12.1. The molecule has 0 spiro atoms. The molecule has 1 amide bonds. The van der Waals surface area contributed by atoms with Crippen LogP contribution in [0.1, 0.15) is 29.6 Å². The van der Waals surface area contributed by atoms with Crippen LogP contribution in [-0.2, 0) is 4.79 Å². The number of nitrogens with two attached hydrogens (primary N) is 2. The third kappa shape index (κ3) is 3.82. The SMILES string of the molecule is NC(=O)C(N)CCCC(=O)c1ccccc1. The topological polar surface area (TPSA) is 86.2 Å². The number of rotatable bonds is 6. The third-order valence-corrected chi connectivity index (χ3v) is 2.38. The second-order valence-electron chi connectivity index (χ2n) is 3.69. The van der Waals surface area contributed by atoms with Gasteiger partial charge in [0, 0.05) is 12.0 Å². The van der Waals surface area contributed by atoms with Crippen molar-refractivity contribution in [3.63, 3.8) is 0 Å². The van der Waals surface area contributed by atoms with Gasteiger partial charge in [-0.3, -0.25) is 9.59 Å². The highest BCUT2D eigenvalue weighted by atomic mass is 16.1. The molecule has 1 aromatic rings. The first kappa shape index (κ1) is 12.4. The van der Waals surface area contributed by atoms with E-state index in [1.807, 2.05) is 18.2 Å². The smallest absolute Gasteiger partial charge is 0.234 e. The van der Waals surface area contributed by atoms with Crippen molar-refractivity contribution in [2.24, 2.45) is 11.5 Å². The molecule has 1 rings (SSSR count). The zero-order chi connectivity index (χ0) is 12.0. The minimum absolute atomic E-state index is 0.0669. The van der Waals surface area contributed by atoms with E-state index in [9.17, 15) is 9.59 Å². The molecule has 0 aliphatic carbocycles. The summed E-state index contributed by atoms with van der Waals surface area (Å²) in [5, 5.41) is 0. The van der Waals surface area contributed by atoms with Gasteiger partial charge in [0.05, 0.1) is 6.04 Å². The molecule has 0 saturated carbocycles. The molecule has 0 radical (unpaired) electrons. The molecule has 1 unspecified atom stereocenters. The largest absolute Gasteiger partial charge is 0.368 e. The number of hydrogen-bond donors (Lipinski definition) is 2.